The van der Waals surface area contributed by atoms with E-state index in [-0.39, 0.29) is 23.9 Å². The predicted molar refractivity (Wildman–Crippen MR) is 50.8 cm³/mol. The number of carbonyl (C=O) groups excluding carboxylic acids is 1. The third-order valence-corrected chi connectivity index (χ3v) is 3.39. The van der Waals surface area contributed by atoms with Crippen LogP contribution in [0.3, 0.4) is 0 Å². The molecule has 1 aromatic rings. The maximum Gasteiger partial charge on any atom is 0.292 e. The normalized spacial score (nSPS) is 11.3. The molecule has 1 heterocycles. The lowest BCUT2D eigenvalue weighted by atomic mass is 10.5. The van der Waals surface area contributed by atoms with Gasteiger partial charge in [-0.2, -0.15) is 5.21 Å². The molecule has 0 aliphatic heterocycles. The van der Waals surface area contributed by atoms with Crippen LogP contribution in [-0.4, -0.2) is 53.0 Å². The van der Waals surface area contributed by atoms with Crippen molar-refractivity contribution < 1.29 is 13.2 Å². The Balaban J connectivity index is 2.36. The average molecular weight is 233 g/mol. The number of aromatic nitrogens is 4. The molecule has 0 saturated heterocycles. The standard InChI is InChI=1S/C6H11N5O3S/c1-2-15(13,14)4-3-7-6(12)5-8-10-11-9-5/h2-4H2,1H3,(H,7,12)(H,8,9,10,11). The molecule has 1 rings (SSSR count). The lowest BCUT2D eigenvalue weighted by Gasteiger charge is -2.01. The number of rotatable bonds is 5. The van der Waals surface area contributed by atoms with Crippen molar-refractivity contribution in [3.63, 3.8) is 0 Å². The Morgan fingerprint density at radius 3 is 2.80 bits per heavy atom. The first-order valence-electron chi connectivity index (χ1n) is 4.27. The number of nitrogens with zero attached hydrogens (tertiary/aromatic N) is 3. The first-order valence-corrected chi connectivity index (χ1v) is 6.09. The average Bonchev–Trinajstić information content (AvgIpc) is 2.70. The van der Waals surface area contributed by atoms with Gasteiger partial charge in [0.1, 0.15) is 0 Å². The number of sulfone groups is 1. The number of carbonyl (C=O) groups is 1. The fourth-order valence-electron chi connectivity index (χ4n) is 0.801. The number of amides is 1. The van der Waals surface area contributed by atoms with Crippen molar-refractivity contribution in [3.05, 3.63) is 5.82 Å². The van der Waals surface area contributed by atoms with E-state index in [4.69, 9.17) is 0 Å². The molecule has 0 spiro atoms. The molecule has 0 aliphatic carbocycles. The fraction of sp³-hybridized carbons (Fsp3) is 0.667. The molecule has 9 heteroatoms. The fourth-order valence-corrected chi connectivity index (χ4v) is 1.50. The molecular weight excluding hydrogens is 222 g/mol. The molecule has 0 saturated carbocycles. The lowest BCUT2D eigenvalue weighted by Crippen LogP contribution is -2.30. The van der Waals surface area contributed by atoms with E-state index in [9.17, 15) is 13.2 Å². The van der Waals surface area contributed by atoms with Gasteiger partial charge in [-0.25, -0.2) is 8.42 Å². The van der Waals surface area contributed by atoms with Crippen LogP contribution in [0, 0.1) is 0 Å². The summed E-state index contributed by atoms with van der Waals surface area (Å²) in [5, 5.41) is 14.6. The molecule has 1 aromatic heterocycles. The number of hydrogen-bond acceptors (Lipinski definition) is 6. The number of aromatic amines is 1. The maximum absolute atomic E-state index is 11.2. The summed E-state index contributed by atoms with van der Waals surface area (Å²) in [5.74, 6) is -0.683. The van der Waals surface area contributed by atoms with Gasteiger partial charge in [0.2, 0.25) is 0 Å². The summed E-state index contributed by atoms with van der Waals surface area (Å²) in [4.78, 5) is 11.2. The van der Waals surface area contributed by atoms with E-state index in [1.807, 2.05) is 0 Å². The molecule has 15 heavy (non-hydrogen) atoms. The van der Waals surface area contributed by atoms with Gasteiger partial charge in [0, 0.05) is 12.3 Å². The first-order chi connectivity index (χ1) is 7.05. The minimum Gasteiger partial charge on any atom is -0.348 e. The summed E-state index contributed by atoms with van der Waals surface area (Å²) in [6.45, 7) is 1.60. The number of hydrogen-bond donors (Lipinski definition) is 2. The van der Waals surface area contributed by atoms with Crippen LogP contribution < -0.4 is 5.32 Å². The van der Waals surface area contributed by atoms with Crippen molar-refractivity contribution >= 4 is 15.7 Å². The molecule has 0 fully saturated rings. The largest absolute Gasteiger partial charge is 0.348 e. The van der Waals surface area contributed by atoms with Crippen LogP contribution in [-0.2, 0) is 9.84 Å². The molecule has 2 N–H and O–H groups in total. The Morgan fingerprint density at radius 1 is 1.53 bits per heavy atom. The van der Waals surface area contributed by atoms with Crippen LogP contribution in [0.1, 0.15) is 17.5 Å². The number of nitrogens with one attached hydrogen (secondary N) is 2. The second kappa shape index (κ2) is 4.82. The second-order valence-corrected chi connectivity index (χ2v) is 5.20. The summed E-state index contributed by atoms with van der Waals surface area (Å²) in [5.41, 5.74) is 0. The molecule has 1 amide bonds. The van der Waals surface area contributed by atoms with Gasteiger partial charge in [0.15, 0.2) is 9.84 Å². The summed E-state index contributed by atoms with van der Waals surface area (Å²) < 4.78 is 22.1. The van der Waals surface area contributed by atoms with E-state index in [2.05, 4.69) is 25.9 Å². The molecule has 84 valence electrons. The van der Waals surface area contributed by atoms with Crippen molar-refractivity contribution in [2.45, 2.75) is 6.92 Å². The molecule has 0 atom stereocenters. The van der Waals surface area contributed by atoms with Gasteiger partial charge in [0.05, 0.1) is 5.75 Å². The van der Waals surface area contributed by atoms with Crippen molar-refractivity contribution in [1.29, 1.82) is 0 Å². The zero-order valence-corrected chi connectivity index (χ0v) is 8.91. The first kappa shape index (κ1) is 11.6. The third-order valence-electron chi connectivity index (χ3n) is 1.69. The third kappa shape index (κ3) is 3.62. The maximum atomic E-state index is 11.2. The van der Waals surface area contributed by atoms with Gasteiger partial charge in [-0.1, -0.05) is 6.92 Å². The topological polar surface area (TPSA) is 118 Å². The molecule has 0 radical (unpaired) electrons. The summed E-state index contributed by atoms with van der Waals surface area (Å²) >= 11 is 0. The molecule has 0 bridgehead atoms. The molecular formula is C6H11N5O3S. The molecule has 0 aromatic carbocycles. The summed E-state index contributed by atoms with van der Waals surface area (Å²) in [6.07, 6.45) is 0. The Hall–Kier alpha value is -1.51. The minimum atomic E-state index is -3.06. The van der Waals surface area contributed by atoms with Gasteiger partial charge in [0.25, 0.3) is 11.7 Å². The highest BCUT2D eigenvalue weighted by atomic mass is 32.2. The SMILES string of the molecule is CCS(=O)(=O)CCNC(=O)c1nn[nH]n1. The van der Waals surface area contributed by atoms with Crippen LogP contribution in [0.5, 0.6) is 0 Å². The number of H-pyrrole nitrogens is 1. The second-order valence-electron chi connectivity index (χ2n) is 2.73. The molecule has 0 aliphatic rings. The van der Waals surface area contributed by atoms with Crippen LogP contribution in [0.25, 0.3) is 0 Å². The van der Waals surface area contributed by atoms with Crippen molar-refractivity contribution in [2.75, 3.05) is 18.1 Å². The van der Waals surface area contributed by atoms with Crippen molar-refractivity contribution in [1.82, 2.24) is 25.9 Å². The Bertz CT molecular complexity index is 412. The van der Waals surface area contributed by atoms with Gasteiger partial charge in [-0.15, -0.1) is 10.2 Å². The van der Waals surface area contributed by atoms with E-state index in [1.54, 1.807) is 6.92 Å². The van der Waals surface area contributed by atoms with Crippen molar-refractivity contribution in [2.24, 2.45) is 0 Å². The van der Waals surface area contributed by atoms with E-state index in [1.165, 1.54) is 0 Å². The van der Waals surface area contributed by atoms with E-state index in [0.29, 0.717) is 0 Å². The monoisotopic (exact) mass is 233 g/mol. The highest BCUT2D eigenvalue weighted by Gasteiger charge is 2.12. The predicted octanol–water partition coefficient (Wildman–Crippen LogP) is -1.64. The van der Waals surface area contributed by atoms with Gasteiger partial charge >= 0.3 is 0 Å². The minimum absolute atomic E-state index is 0.0452. The molecule has 0 unspecified atom stereocenters. The highest BCUT2D eigenvalue weighted by Crippen LogP contribution is 1.88. The quantitative estimate of drug-likeness (QED) is 0.630. The molecule has 8 nitrogen and oxygen atoms in total. The zero-order valence-electron chi connectivity index (χ0n) is 8.10. The van der Waals surface area contributed by atoms with Crippen LogP contribution in [0.4, 0.5) is 0 Å². The van der Waals surface area contributed by atoms with Gasteiger partial charge in [-0.05, 0) is 5.21 Å². The van der Waals surface area contributed by atoms with Gasteiger partial charge in [-0.3, -0.25) is 4.79 Å². The van der Waals surface area contributed by atoms with E-state index < -0.39 is 15.7 Å². The Labute approximate surface area is 86.4 Å². The van der Waals surface area contributed by atoms with Crippen LogP contribution in [0.2, 0.25) is 0 Å². The van der Waals surface area contributed by atoms with Crippen LogP contribution >= 0.6 is 0 Å². The Morgan fingerprint density at radius 2 is 2.27 bits per heavy atom. The Kier molecular flexibility index (Phi) is 3.72. The highest BCUT2D eigenvalue weighted by molar-refractivity contribution is 7.91. The zero-order chi connectivity index (χ0) is 11.3. The number of tetrazole rings is 1. The summed E-state index contributed by atoms with van der Waals surface area (Å²) in [7, 11) is -3.06. The smallest absolute Gasteiger partial charge is 0.292 e. The van der Waals surface area contributed by atoms with Crippen molar-refractivity contribution in [3.8, 4) is 0 Å². The summed E-state index contributed by atoms with van der Waals surface area (Å²) in [6, 6.07) is 0. The lowest BCUT2D eigenvalue weighted by molar-refractivity contribution is 0.0946. The van der Waals surface area contributed by atoms with E-state index >= 15 is 0 Å². The van der Waals surface area contributed by atoms with E-state index in [0.717, 1.165) is 0 Å². The van der Waals surface area contributed by atoms with Gasteiger partial charge < -0.3 is 5.32 Å². The van der Waals surface area contributed by atoms with Crippen LogP contribution in [0.15, 0.2) is 0 Å².